The van der Waals surface area contributed by atoms with E-state index in [0.29, 0.717) is 5.56 Å². The molecule has 1 heterocycles. The van der Waals surface area contributed by atoms with E-state index < -0.39 is 15.9 Å². The minimum atomic E-state index is -3.91. The molecule has 0 radical (unpaired) electrons. The molecule has 2 aromatic rings. The highest BCUT2D eigenvalue weighted by Gasteiger charge is 2.22. The van der Waals surface area contributed by atoms with Gasteiger partial charge >= 0.3 is 0 Å². The van der Waals surface area contributed by atoms with Crippen LogP contribution in [0.5, 0.6) is 0 Å². The van der Waals surface area contributed by atoms with Crippen molar-refractivity contribution in [1.82, 2.24) is 14.5 Å². The number of sulfonamides is 1. The summed E-state index contributed by atoms with van der Waals surface area (Å²) in [6.45, 7) is 9.76. The molecule has 0 aliphatic heterocycles. The van der Waals surface area contributed by atoms with Gasteiger partial charge in [0.25, 0.3) is 15.9 Å². The lowest BCUT2D eigenvalue weighted by molar-refractivity contribution is 0.0975. The van der Waals surface area contributed by atoms with Crippen molar-refractivity contribution in [1.29, 1.82) is 0 Å². The Morgan fingerprint density at radius 2 is 1.80 bits per heavy atom. The van der Waals surface area contributed by atoms with Crippen LogP contribution in [0.3, 0.4) is 0 Å². The summed E-state index contributed by atoms with van der Waals surface area (Å²) in [5.74, 6) is -0.724. The molecule has 140 valence electrons. The predicted octanol–water partition coefficient (Wildman–Crippen LogP) is 3.94. The van der Waals surface area contributed by atoms with E-state index in [9.17, 15) is 13.2 Å². The van der Waals surface area contributed by atoms with Crippen LogP contribution in [0.25, 0.3) is 0 Å². The zero-order chi connectivity index (χ0) is 19.0. The Morgan fingerprint density at radius 1 is 1.20 bits per heavy atom. The highest BCUT2D eigenvalue weighted by atomic mass is 32.2. The number of aromatic nitrogens is 2. The maximum atomic E-state index is 12.3. The molecule has 0 bridgehead atoms. The first-order valence-electron chi connectivity index (χ1n) is 8.57. The summed E-state index contributed by atoms with van der Waals surface area (Å²) in [6, 6.07) is 8.24. The number of rotatable bonds is 6. The molecule has 1 amide bonds. The quantitative estimate of drug-likeness (QED) is 0.838. The molecule has 1 N–H and O–H groups in total. The van der Waals surface area contributed by atoms with Gasteiger partial charge < -0.3 is 0 Å². The number of carbonyl (C=O) groups is 1. The van der Waals surface area contributed by atoms with Gasteiger partial charge in [0.15, 0.2) is 5.69 Å². The normalized spacial score (nSPS) is 11.0. The van der Waals surface area contributed by atoms with E-state index in [-0.39, 0.29) is 18.1 Å². The third-order valence-electron chi connectivity index (χ3n) is 3.77. The van der Waals surface area contributed by atoms with Crippen LogP contribution in [0.2, 0.25) is 0 Å². The van der Waals surface area contributed by atoms with Crippen LogP contribution in [-0.2, 0) is 10.0 Å². The van der Waals surface area contributed by atoms with Gasteiger partial charge in [-0.25, -0.2) is 13.1 Å². The number of carbonyl (C=O) groups excluding carboxylic acids is 1. The van der Waals surface area contributed by atoms with Gasteiger partial charge in [-0.1, -0.05) is 45.9 Å². The molecule has 0 saturated heterocycles. The Bertz CT molecular complexity index is 800. The molecule has 0 fully saturated rings. The topological polar surface area (TPSA) is 81.1 Å². The molecule has 0 saturated carbocycles. The predicted molar refractivity (Wildman–Crippen MR) is 101 cm³/mol. The third-order valence-corrected chi connectivity index (χ3v) is 5.26. The maximum Gasteiger partial charge on any atom is 0.285 e. The molecule has 25 heavy (non-hydrogen) atoms. The van der Waals surface area contributed by atoms with Gasteiger partial charge in [-0.3, -0.25) is 9.48 Å². The fourth-order valence-corrected chi connectivity index (χ4v) is 3.62. The first-order chi connectivity index (χ1) is 11.9. The molecule has 0 atom stereocenters. The number of nitrogens with one attached hydrogen (secondary N) is 1. The second kappa shape index (κ2) is 9.36. The molecule has 2 rings (SSSR count). The average Bonchev–Trinajstić information content (AvgIpc) is 3.08. The van der Waals surface area contributed by atoms with Crippen molar-refractivity contribution in [2.75, 3.05) is 0 Å². The smallest absolute Gasteiger partial charge is 0.269 e. The number of hydrogen-bond donors (Lipinski definition) is 1. The molecule has 6 nitrogen and oxygen atoms in total. The van der Waals surface area contributed by atoms with Gasteiger partial charge in [-0.15, -0.1) is 0 Å². The molecule has 0 aliphatic carbocycles. The van der Waals surface area contributed by atoms with E-state index in [1.807, 2.05) is 27.7 Å². The molecular weight excluding hydrogens is 338 g/mol. The summed E-state index contributed by atoms with van der Waals surface area (Å²) in [6.07, 6.45) is 3.48. The molecule has 0 unspecified atom stereocenters. The summed E-state index contributed by atoms with van der Waals surface area (Å²) in [5, 5.41) is 4.19. The Kier molecular flexibility index (Phi) is 7.83. The van der Waals surface area contributed by atoms with Gasteiger partial charge in [0.1, 0.15) is 0 Å². The fourth-order valence-electron chi connectivity index (χ4n) is 2.41. The van der Waals surface area contributed by atoms with E-state index in [1.165, 1.54) is 12.1 Å². The highest BCUT2D eigenvalue weighted by Crippen LogP contribution is 2.16. The van der Waals surface area contributed by atoms with Crippen LogP contribution in [0.15, 0.2) is 41.4 Å². The Hall–Kier alpha value is -2.15. The van der Waals surface area contributed by atoms with Crippen molar-refractivity contribution in [3.05, 3.63) is 47.8 Å². The lowest BCUT2D eigenvalue weighted by atomic mass is 10.2. The third kappa shape index (κ3) is 5.16. The van der Waals surface area contributed by atoms with Crippen LogP contribution in [0.1, 0.15) is 64.1 Å². The van der Waals surface area contributed by atoms with Gasteiger partial charge in [0, 0.05) is 7.62 Å². The van der Waals surface area contributed by atoms with Crippen molar-refractivity contribution in [3.8, 4) is 0 Å². The average molecular weight is 368 g/mol. The standard InChI is InChI=1S/C16H21N3O3S.C2H6.H2/c1-4-13(5-2)19-11-10-14(17-19)16(20)18-23(21,22)15-9-7-6-8-12(15)3;1-2;/h6-11,13H,4-5H2,1-3H3,(H,18,20);1-2H3;1H. The van der Waals surface area contributed by atoms with Crippen LogP contribution >= 0.6 is 0 Å². The zero-order valence-electron chi connectivity index (χ0n) is 15.5. The molecule has 1 aromatic carbocycles. The first kappa shape index (κ1) is 20.9. The monoisotopic (exact) mass is 367 g/mol. The van der Waals surface area contributed by atoms with Gasteiger partial charge in [-0.05, 0) is 37.5 Å². The van der Waals surface area contributed by atoms with Gasteiger partial charge in [0.2, 0.25) is 0 Å². The minimum absolute atomic E-state index is 0. The molecule has 0 spiro atoms. The summed E-state index contributed by atoms with van der Waals surface area (Å²) < 4.78 is 28.4. The van der Waals surface area contributed by atoms with Crippen molar-refractivity contribution < 1.29 is 14.6 Å². The second-order valence-corrected chi connectivity index (χ2v) is 7.00. The van der Waals surface area contributed by atoms with E-state index in [4.69, 9.17) is 0 Å². The van der Waals surface area contributed by atoms with E-state index in [1.54, 1.807) is 36.0 Å². The van der Waals surface area contributed by atoms with Crippen molar-refractivity contribution in [2.24, 2.45) is 0 Å². The molecule has 1 aromatic heterocycles. The number of hydrogen-bond acceptors (Lipinski definition) is 4. The lowest BCUT2D eigenvalue weighted by Crippen LogP contribution is -2.31. The van der Waals surface area contributed by atoms with Crippen molar-refractivity contribution in [3.63, 3.8) is 0 Å². The highest BCUT2D eigenvalue weighted by molar-refractivity contribution is 7.90. The summed E-state index contributed by atoms with van der Waals surface area (Å²) in [7, 11) is -3.91. The van der Waals surface area contributed by atoms with Crippen LogP contribution in [0, 0.1) is 6.92 Å². The molecule has 7 heteroatoms. The van der Waals surface area contributed by atoms with Crippen molar-refractivity contribution in [2.45, 2.75) is 58.4 Å². The SMILES string of the molecule is CC.CCC(CC)n1ccc(C(=O)NS(=O)(=O)c2ccccc2C)n1.[HH]. The van der Waals surface area contributed by atoms with Crippen LogP contribution in [-0.4, -0.2) is 24.1 Å². The Balaban J connectivity index is 0.00000201. The van der Waals surface area contributed by atoms with Crippen LogP contribution in [0.4, 0.5) is 0 Å². The Morgan fingerprint density at radius 3 is 2.36 bits per heavy atom. The largest absolute Gasteiger partial charge is 0.285 e. The minimum Gasteiger partial charge on any atom is -0.269 e. The van der Waals surface area contributed by atoms with E-state index in [0.717, 1.165) is 12.8 Å². The van der Waals surface area contributed by atoms with Crippen LogP contribution < -0.4 is 4.72 Å². The fraction of sp³-hybridized carbons (Fsp3) is 0.444. The molecular formula is C18H29N3O3S. The Labute approximate surface area is 151 Å². The maximum absolute atomic E-state index is 12.3. The zero-order valence-corrected chi connectivity index (χ0v) is 16.3. The first-order valence-corrected chi connectivity index (χ1v) is 10.0. The summed E-state index contributed by atoms with van der Waals surface area (Å²) in [5.41, 5.74) is 0.671. The number of benzene rings is 1. The number of aryl methyl sites for hydroxylation is 1. The van der Waals surface area contributed by atoms with Gasteiger partial charge in [-0.2, -0.15) is 5.10 Å². The van der Waals surface area contributed by atoms with Crippen molar-refractivity contribution >= 4 is 15.9 Å². The van der Waals surface area contributed by atoms with Gasteiger partial charge in [0.05, 0.1) is 10.9 Å². The number of nitrogens with zero attached hydrogens (tertiary/aromatic N) is 2. The van der Waals surface area contributed by atoms with E-state index >= 15 is 0 Å². The summed E-state index contributed by atoms with van der Waals surface area (Å²) >= 11 is 0. The lowest BCUT2D eigenvalue weighted by Gasteiger charge is -2.12. The molecule has 0 aliphatic rings. The number of amides is 1. The summed E-state index contributed by atoms with van der Waals surface area (Å²) in [4.78, 5) is 12.3. The second-order valence-electron chi connectivity index (χ2n) is 5.35. The van der Waals surface area contributed by atoms with E-state index in [2.05, 4.69) is 9.82 Å².